The van der Waals surface area contributed by atoms with Crippen molar-refractivity contribution in [3.05, 3.63) is 63.9 Å². The van der Waals surface area contributed by atoms with Crippen molar-refractivity contribution >= 4 is 26.0 Å². The molecule has 0 aliphatic carbocycles. The normalized spacial score (nSPS) is 11.6. The zero-order valence-electron chi connectivity index (χ0n) is 11.0. The molecular weight excluding hydrogens is 359 g/mol. The fourth-order valence-electron chi connectivity index (χ4n) is 1.84. The van der Waals surface area contributed by atoms with Crippen molar-refractivity contribution in [2.24, 2.45) is 5.14 Å². The number of benzene rings is 2. The van der Waals surface area contributed by atoms with Gasteiger partial charge in [0.25, 0.3) is 0 Å². The first-order chi connectivity index (χ1) is 9.86. The molecule has 0 radical (unpaired) electrons. The minimum atomic E-state index is -3.69. The van der Waals surface area contributed by atoms with Crippen molar-refractivity contribution < 1.29 is 12.8 Å². The maximum absolute atomic E-state index is 13.0. The molecule has 0 aliphatic heterocycles. The topological polar surface area (TPSA) is 72.2 Å². The SMILES string of the molecule is NS(=O)(=O)c1cccc(CNCc2ccc(F)cc2Br)c1. The first-order valence-corrected chi connectivity index (χ1v) is 8.46. The van der Waals surface area contributed by atoms with Crippen LogP contribution in [0.25, 0.3) is 0 Å². The Hall–Kier alpha value is -1.28. The van der Waals surface area contributed by atoms with Gasteiger partial charge in [-0.3, -0.25) is 0 Å². The zero-order valence-corrected chi connectivity index (χ0v) is 13.4. The van der Waals surface area contributed by atoms with Crippen LogP contribution in [0.5, 0.6) is 0 Å². The summed E-state index contributed by atoms with van der Waals surface area (Å²) >= 11 is 3.30. The molecule has 3 N–H and O–H groups in total. The highest BCUT2D eigenvalue weighted by Gasteiger charge is 2.08. The van der Waals surface area contributed by atoms with Crippen LogP contribution in [0, 0.1) is 5.82 Å². The maximum atomic E-state index is 13.0. The fraction of sp³-hybridized carbons (Fsp3) is 0.143. The highest BCUT2D eigenvalue weighted by molar-refractivity contribution is 9.10. The lowest BCUT2D eigenvalue weighted by atomic mass is 10.2. The van der Waals surface area contributed by atoms with Crippen molar-refractivity contribution in [2.45, 2.75) is 18.0 Å². The number of sulfonamides is 1. The average molecular weight is 373 g/mol. The van der Waals surface area contributed by atoms with Crippen molar-refractivity contribution in [1.82, 2.24) is 5.32 Å². The van der Waals surface area contributed by atoms with Gasteiger partial charge in [-0.15, -0.1) is 0 Å². The molecule has 2 aromatic rings. The zero-order chi connectivity index (χ0) is 15.5. The number of hydrogen-bond donors (Lipinski definition) is 2. The number of rotatable bonds is 5. The van der Waals surface area contributed by atoms with E-state index in [1.165, 1.54) is 24.3 Å². The summed E-state index contributed by atoms with van der Waals surface area (Å²) in [6.45, 7) is 1.01. The van der Waals surface area contributed by atoms with Crippen LogP contribution in [-0.2, 0) is 23.1 Å². The number of hydrogen-bond acceptors (Lipinski definition) is 3. The van der Waals surface area contributed by atoms with Crippen molar-refractivity contribution in [2.75, 3.05) is 0 Å². The minimum absolute atomic E-state index is 0.0877. The van der Waals surface area contributed by atoms with E-state index in [2.05, 4.69) is 21.2 Å². The van der Waals surface area contributed by atoms with Crippen molar-refractivity contribution in [3.8, 4) is 0 Å². The van der Waals surface area contributed by atoms with Gasteiger partial charge in [0.1, 0.15) is 5.82 Å². The predicted molar refractivity (Wildman–Crippen MR) is 82.5 cm³/mol. The third-order valence-electron chi connectivity index (χ3n) is 2.89. The summed E-state index contributed by atoms with van der Waals surface area (Å²) in [5.74, 6) is -0.300. The molecule has 2 rings (SSSR count). The van der Waals surface area contributed by atoms with Gasteiger partial charge in [0, 0.05) is 17.6 Å². The summed E-state index contributed by atoms with van der Waals surface area (Å²) in [6.07, 6.45) is 0. The Balaban J connectivity index is 2.01. The predicted octanol–water partition coefficient (Wildman–Crippen LogP) is 2.53. The molecule has 0 saturated carbocycles. The van der Waals surface area contributed by atoms with Gasteiger partial charge in [0.05, 0.1) is 4.90 Å². The van der Waals surface area contributed by atoms with Crippen LogP contribution in [0.4, 0.5) is 4.39 Å². The van der Waals surface area contributed by atoms with E-state index in [0.29, 0.717) is 17.6 Å². The molecule has 0 fully saturated rings. The Morgan fingerprint density at radius 1 is 1.14 bits per heavy atom. The lowest BCUT2D eigenvalue weighted by Gasteiger charge is -2.08. The second-order valence-electron chi connectivity index (χ2n) is 4.53. The standard InChI is InChI=1S/C14H14BrFN2O2S/c15-14-7-12(16)5-4-11(14)9-18-8-10-2-1-3-13(6-10)21(17,19)20/h1-7,18H,8-9H2,(H2,17,19,20). The number of primary sulfonamides is 1. The molecule has 0 amide bonds. The highest BCUT2D eigenvalue weighted by Crippen LogP contribution is 2.18. The van der Waals surface area contributed by atoms with Gasteiger partial charge in [0.15, 0.2) is 0 Å². The third-order valence-corrected chi connectivity index (χ3v) is 4.54. The number of halogens is 2. The molecule has 0 saturated heterocycles. The van der Waals surface area contributed by atoms with Gasteiger partial charge in [-0.1, -0.05) is 34.1 Å². The van der Waals surface area contributed by atoms with E-state index in [1.807, 2.05) is 0 Å². The Morgan fingerprint density at radius 2 is 1.90 bits per heavy atom. The van der Waals surface area contributed by atoms with Gasteiger partial charge < -0.3 is 5.32 Å². The van der Waals surface area contributed by atoms with E-state index in [4.69, 9.17) is 5.14 Å². The van der Waals surface area contributed by atoms with E-state index < -0.39 is 10.0 Å². The average Bonchev–Trinajstić information content (AvgIpc) is 2.41. The monoisotopic (exact) mass is 372 g/mol. The van der Waals surface area contributed by atoms with Gasteiger partial charge in [-0.25, -0.2) is 17.9 Å². The molecule has 0 heterocycles. The molecule has 21 heavy (non-hydrogen) atoms. The number of nitrogens with two attached hydrogens (primary N) is 1. The molecule has 2 aromatic carbocycles. The first kappa shape index (κ1) is 16.1. The summed E-state index contributed by atoms with van der Waals surface area (Å²) in [4.78, 5) is 0.0877. The Bertz CT molecular complexity index is 750. The lowest BCUT2D eigenvalue weighted by molar-refractivity contribution is 0.597. The van der Waals surface area contributed by atoms with E-state index >= 15 is 0 Å². The summed E-state index contributed by atoms with van der Waals surface area (Å²) in [7, 11) is -3.69. The summed E-state index contributed by atoms with van der Waals surface area (Å²) in [5.41, 5.74) is 1.72. The van der Waals surface area contributed by atoms with Crippen LogP contribution in [-0.4, -0.2) is 8.42 Å². The van der Waals surface area contributed by atoms with Gasteiger partial charge in [-0.05, 0) is 35.4 Å². The minimum Gasteiger partial charge on any atom is -0.309 e. The van der Waals surface area contributed by atoms with Crippen LogP contribution in [0.1, 0.15) is 11.1 Å². The molecule has 0 unspecified atom stereocenters. The Labute approximate surface area is 131 Å². The van der Waals surface area contributed by atoms with Crippen LogP contribution in [0.15, 0.2) is 51.8 Å². The lowest BCUT2D eigenvalue weighted by Crippen LogP contribution is -2.15. The number of nitrogens with one attached hydrogen (secondary N) is 1. The Morgan fingerprint density at radius 3 is 2.57 bits per heavy atom. The van der Waals surface area contributed by atoms with Gasteiger partial charge >= 0.3 is 0 Å². The molecule has 112 valence electrons. The molecule has 0 aliphatic rings. The van der Waals surface area contributed by atoms with Crippen LogP contribution in [0.2, 0.25) is 0 Å². The van der Waals surface area contributed by atoms with E-state index in [9.17, 15) is 12.8 Å². The van der Waals surface area contributed by atoms with Crippen LogP contribution >= 0.6 is 15.9 Å². The fourth-order valence-corrected chi connectivity index (χ4v) is 2.91. The third kappa shape index (κ3) is 4.60. The molecule has 0 aromatic heterocycles. The van der Waals surface area contributed by atoms with E-state index in [1.54, 1.807) is 18.2 Å². The highest BCUT2D eigenvalue weighted by atomic mass is 79.9. The van der Waals surface area contributed by atoms with Gasteiger partial charge in [-0.2, -0.15) is 0 Å². The van der Waals surface area contributed by atoms with Crippen molar-refractivity contribution in [3.63, 3.8) is 0 Å². The first-order valence-electron chi connectivity index (χ1n) is 6.12. The molecule has 4 nitrogen and oxygen atoms in total. The van der Waals surface area contributed by atoms with Crippen molar-refractivity contribution in [1.29, 1.82) is 0 Å². The second-order valence-corrected chi connectivity index (χ2v) is 6.95. The summed E-state index contributed by atoms with van der Waals surface area (Å²) in [6, 6.07) is 10.9. The summed E-state index contributed by atoms with van der Waals surface area (Å²) in [5, 5.41) is 8.26. The molecule has 7 heteroatoms. The van der Waals surface area contributed by atoms with Crippen LogP contribution in [0.3, 0.4) is 0 Å². The van der Waals surface area contributed by atoms with Gasteiger partial charge in [0.2, 0.25) is 10.0 Å². The molecular formula is C14H14BrFN2O2S. The van der Waals surface area contributed by atoms with E-state index in [-0.39, 0.29) is 10.7 Å². The van der Waals surface area contributed by atoms with E-state index in [0.717, 1.165) is 11.1 Å². The second kappa shape index (κ2) is 6.65. The molecule has 0 atom stereocenters. The summed E-state index contributed by atoms with van der Waals surface area (Å²) < 4.78 is 36.2. The largest absolute Gasteiger partial charge is 0.309 e. The maximum Gasteiger partial charge on any atom is 0.238 e. The molecule has 0 spiro atoms. The molecule has 0 bridgehead atoms. The van der Waals surface area contributed by atoms with Crippen LogP contribution < -0.4 is 10.5 Å². The quantitative estimate of drug-likeness (QED) is 0.846. The Kier molecular flexibility index (Phi) is 5.10. The smallest absolute Gasteiger partial charge is 0.238 e.